The van der Waals surface area contributed by atoms with Crippen molar-refractivity contribution in [1.29, 1.82) is 0 Å². The minimum Gasteiger partial charge on any atom is -0.508 e. The molecule has 1 N–H and O–H groups in total. The fraction of sp³-hybridized carbons (Fsp3) is 0.154. The van der Waals surface area contributed by atoms with Crippen molar-refractivity contribution in [1.82, 2.24) is 4.98 Å². The van der Waals surface area contributed by atoms with Crippen LogP contribution in [0.1, 0.15) is 11.1 Å². The molecule has 0 radical (unpaired) electrons. The summed E-state index contributed by atoms with van der Waals surface area (Å²) in [6, 6.07) is 7.62. The van der Waals surface area contributed by atoms with Crippen molar-refractivity contribution in [2.45, 2.75) is 13.8 Å². The molecule has 0 saturated heterocycles. The number of aromatic hydroxyl groups is 1. The third-order valence-corrected chi connectivity index (χ3v) is 2.53. The highest BCUT2D eigenvalue weighted by atomic mass is 16.3. The summed E-state index contributed by atoms with van der Waals surface area (Å²) in [4.78, 5) is 4.06. The number of nitrogens with zero attached hydrogens (tertiary/aromatic N) is 1. The van der Waals surface area contributed by atoms with Crippen molar-refractivity contribution >= 4 is 0 Å². The number of hydrogen-bond donors (Lipinski definition) is 1. The molecule has 15 heavy (non-hydrogen) atoms. The van der Waals surface area contributed by atoms with Crippen LogP contribution in [0.3, 0.4) is 0 Å². The van der Waals surface area contributed by atoms with Crippen molar-refractivity contribution in [3.63, 3.8) is 0 Å². The van der Waals surface area contributed by atoms with Gasteiger partial charge in [-0.05, 0) is 54.3 Å². The molecule has 1 heterocycles. The van der Waals surface area contributed by atoms with Gasteiger partial charge >= 0.3 is 0 Å². The normalized spacial score (nSPS) is 10.3. The van der Waals surface area contributed by atoms with E-state index in [1.165, 1.54) is 0 Å². The van der Waals surface area contributed by atoms with Crippen LogP contribution in [0.15, 0.2) is 36.7 Å². The molecule has 1 aromatic heterocycles. The Bertz CT molecular complexity index is 492. The fourth-order valence-electron chi connectivity index (χ4n) is 1.62. The van der Waals surface area contributed by atoms with E-state index in [-0.39, 0.29) is 0 Å². The van der Waals surface area contributed by atoms with Crippen LogP contribution in [0.25, 0.3) is 11.1 Å². The SMILES string of the molecule is Cc1cc(-c2ccncc2C)ccc1O. The molecule has 2 aromatic rings. The van der Waals surface area contributed by atoms with E-state index in [0.29, 0.717) is 5.75 Å². The Labute approximate surface area is 89.2 Å². The van der Waals surface area contributed by atoms with Gasteiger partial charge in [-0.1, -0.05) is 6.07 Å². The zero-order valence-corrected chi connectivity index (χ0v) is 8.86. The highest BCUT2D eigenvalue weighted by Gasteiger charge is 2.03. The van der Waals surface area contributed by atoms with Crippen LogP contribution in [0, 0.1) is 13.8 Å². The molecule has 0 aliphatic carbocycles. The van der Waals surface area contributed by atoms with Gasteiger partial charge in [-0.25, -0.2) is 0 Å². The minimum absolute atomic E-state index is 0.338. The van der Waals surface area contributed by atoms with Gasteiger partial charge in [0, 0.05) is 12.4 Å². The van der Waals surface area contributed by atoms with Crippen molar-refractivity contribution in [2.24, 2.45) is 0 Å². The lowest BCUT2D eigenvalue weighted by Gasteiger charge is -2.06. The van der Waals surface area contributed by atoms with Gasteiger partial charge in [0.1, 0.15) is 5.75 Å². The fourth-order valence-corrected chi connectivity index (χ4v) is 1.62. The lowest BCUT2D eigenvalue weighted by molar-refractivity contribution is 0.471. The van der Waals surface area contributed by atoms with Crippen molar-refractivity contribution < 1.29 is 5.11 Å². The Morgan fingerprint density at radius 3 is 2.53 bits per heavy atom. The third-order valence-electron chi connectivity index (χ3n) is 2.53. The summed E-state index contributed by atoms with van der Waals surface area (Å²) in [6.45, 7) is 3.93. The summed E-state index contributed by atoms with van der Waals surface area (Å²) in [6.07, 6.45) is 3.63. The largest absolute Gasteiger partial charge is 0.508 e. The number of phenolic OH excluding ortho intramolecular Hbond substituents is 1. The molecule has 0 saturated carbocycles. The molecule has 76 valence electrons. The number of aromatic nitrogens is 1. The van der Waals surface area contributed by atoms with Crippen LogP contribution in [0.4, 0.5) is 0 Å². The lowest BCUT2D eigenvalue weighted by atomic mass is 10.0. The van der Waals surface area contributed by atoms with Crippen LogP contribution in [-0.2, 0) is 0 Å². The van der Waals surface area contributed by atoms with Gasteiger partial charge in [-0.2, -0.15) is 0 Å². The van der Waals surface area contributed by atoms with E-state index in [4.69, 9.17) is 0 Å². The van der Waals surface area contributed by atoms with Crippen LogP contribution in [-0.4, -0.2) is 10.1 Å². The number of phenols is 1. The van der Waals surface area contributed by atoms with Gasteiger partial charge in [-0.3, -0.25) is 4.98 Å². The first-order valence-electron chi connectivity index (χ1n) is 4.89. The Morgan fingerprint density at radius 2 is 1.87 bits per heavy atom. The van der Waals surface area contributed by atoms with Crippen molar-refractivity contribution in [2.75, 3.05) is 0 Å². The maximum atomic E-state index is 9.45. The van der Waals surface area contributed by atoms with E-state index >= 15 is 0 Å². The molecule has 0 spiro atoms. The Hall–Kier alpha value is -1.83. The number of benzene rings is 1. The lowest BCUT2D eigenvalue weighted by Crippen LogP contribution is -1.85. The Balaban J connectivity index is 2.55. The van der Waals surface area contributed by atoms with E-state index in [1.807, 2.05) is 38.2 Å². The zero-order valence-electron chi connectivity index (χ0n) is 8.86. The smallest absolute Gasteiger partial charge is 0.118 e. The van der Waals surface area contributed by atoms with Crippen molar-refractivity contribution in [3.8, 4) is 16.9 Å². The molecular weight excluding hydrogens is 186 g/mol. The standard InChI is InChI=1S/C13H13NO/c1-9-7-11(3-4-13(9)15)12-5-6-14-8-10(12)2/h3-8,15H,1-2H3. The van der Waals surface area contributed by atoms with E-state index in [0.717, 1.165) is 22.3 Å². The van der Waals surface area contributed by atoms with Gasteiger partial charge in [0.2, 0.25) is 0 Å². The van der Waals surface area contributed by atoms with E-state index in [1.54, 1.807) is 12.3 Å². The summed E-state index contributed by atoms with van der Waals surface area (Å²) >= 11 is 0. The first kappa shape index (κ1) is 9.71. The number of rotatable bonds is 1. The summed E-state index contributed by atoms with van der Waals surface area (Å²) in [5.74, 6) is 0.338. The molecule has 2 rings (SSSR count). The van der Waals surface area contributed by atoms with Crippen LogP contribution < -0.4 is 0 Å². The second kappa shape index (κ2) is 3.73. The summed E-state index contributed by atoms with van der Waals surface area (Å²) < 4.78 is 0. The topological polar surface area (TPSA) is 33.1 Å². The van der Waals surface area contributed by atoms with Crippen LogP contribution in [0.5, 0.6) is 5.75 Å². The predicted molar refractivity (Wildman–Crippen MR) is 60.8 cm³/mol. The van der Waals surface area contributed by atoms with Gasteiger partial charge in [0.15, 0.2) is 0 Å². The van der Waals surface area contributed by atoms with Gasteiger partial charge in [0.05, 0.1) is 0 Å². The zero-order chi connectivity index (χ0) is 10.8. The molecule has 0 aliphatic heterocycles. The Morgan fingerprint density at radius 1 is 1.07 bits per heavy atom. The second-order valence-electron chi connectivity index (χ2n) is 3.69. The molecule has 0 bridgehead atoms. The molecule has 2 heteroatoms. The van der Waals surface area contributed by atoms with E-state index < -0.39 is 0 Å². The molecule has 0 atom stereocenters. The highest BCUT2D eigenvalue weighted by molar-refractivity contribution is 5.68. The Kier molecular flexibility index (Phi) is 2.42. The molecule has 2 nitrogen and oxygen atoms in total. The average molecular weight is 199 g/mol. The molecule has 0 fully saturated rings. The summed E-state index contributed by atoms with van der Waals surface area (Å²) in [5.41, 5.74) is 4.31. The summed E-state index contributed by atoms with van der Waals surface area (Å²) in [7, 11) is 0. The second-order valence-corrected chi connectivity index (χ2v) is 3.69. The number of aryl methyl sites for hydroxylation is 2. The van der Waals surface area contributed by atoms with Crippen LogP contribution >= 0.6 is 0 Å². The summed E-state index contributed by atoms with van der Waals surface area (Å²) in [5, 5.41) is 9.45. The average Bonchev–Trinajstić information content (AvgIpc) is 2.23. The van der Waals surface area contributed by atoms with Crippen LogP contribution in [0.2, 0.25) is 0 Å². The maximum Gasteiger partial charge on any atom is 0.118 e. The van der Waals surface area contributed by atoms with Gasteiger partial charge in [0.25, 0.3) is 0 Å². The minimum atomic E-state index is 0.338. The first-order chi connectivity index (χ1) is 7.18. The highest BCUT2D eigenvalue weighted by Crippen LogP contribution is 2.26. The quantitative estimate of drug-likeness (QED) is 0.765. The molecular formula is C13H13NO. The monoisotopic (exact) mass is 199 g/mol. The molecule has 1 aromatic carbocycles. The molecule has 0 amide bonds. The molecule has 0 aliphatic rings. The predicted octanol–water partition coefficient (Wildman–Crippen LogP) is 3.07. The molecule has 0 unspecified atom stereocenters. The maximum absolute atomic E-state index is 9.45. The van der Waals surface area contributed by atoms with E-state index in [2.05, 4.69) is 4.98 Å². The van der Waals surface area contributed by atoms with E-state index in [9.17, 15) is 5.11 Å². The number of hydrogen-bond acceptors (Lipinski definition) is 2. The first-order valence-corrected chi connectivity index (χ1v) is 4.89. The third kappa shape index (κ3) is 1.84. The number of pyridine rings is 1. The van der Waals surface area contributed by atoms with Gasteiger partial charge < -0.3 is 5.11 Å². The van der Waals surface area contributed by atoms with Crippen molar-refractivity contribution in [3.05, 3.63) is 47.8 Å². The van der Waals surface area contributed by atoms with Gasteiger partial charge in [-0.15, -0.1) is 0 Å².